The number of amides is 1. The standard InChI is InChI=1S/C21H22F2N2O4/c1-28-18-4-2-3-15(20(18)29-21(22)23)5-10-19(27)25-13-11-24(12-14-25)16-6-8-17(26)9-7-16/h2-10,21,26H,11-14H2,1H3/b10-5+. The zero-order valence-electron chi connectivity index (χ0n) is 15.9. The SMILES string of the molecule is COc1cccc(/C=C/C(=O)N2CCN(c3ccc(O)cc3)CC2)c1OC(F)F. The van der Waals surface area contributed by atoms with Gasteiger partial charge in [-0.1, -0.05) is 12.1 Å². The number of anilines is 1. The summed E-state index contributed by atoms with van der Waals surface area (Å²) in [4.78, 5) is 16.3. The van der Waals surface area contributed by atoms with Crippen molar-refractivity contribution in [2.75, 3.05) is 38.2 Å². The van der Waals surface area contributed by atoms with E-state index in [9.17, 15) is 18.7 Å². The topological polar surface area (TPSA) is 62.2 Å². The van der Waals surface area contributed by atoms with Crippen LogP contribution in [0.2, 0.25) is 0 Å². The van der Waals surface area contributed by atoms with Crippen LogP contribution in [0.25, 0.3) is 6.08 Å². The number of phenols is 1. The Bertz CT molecular complexity index is 863. The first-order valence-corrected chi connectivity index (χ1v) is 9.10. The van der Waals surface area contributed by atoms with Gasteiger partial charge < -0.3 is 24.4 Å². The van der Waals surface area contributed by atoms with Crippen LogP contribution < -0.4 is 14.4 Å². The van der Waals surface area contributed by atoms with Crippen LogP contribution in [0.15, 0.2) is 48.5 Å². The van der Waals surface area contributed by atoms with Crippen molar-refractivity contribution < 1.29 is 28.2 Å². The first kappa shape index (κ1) is 20.4. The zero-order chi connectivity index (χ0) is 20.8. The summed E-state index contributed by atoms with van der Waals surface area (Å²) in [5, 5.41) is 9.39. The Morgan fingerprint density at radius 3 is 2.41 bits per heavy atom. The quantitative estimate of drug-likeness (QED) is 0.748. The molecular formula is C21H22F2N2O4. The lowest BCUT2D eigenvalue weighted by Gasteiger charge is -2.35. The number of piperazine rings is 1. The lowest BCUT2D eigenvalue weighted by atomic mass is 10.1. The Morgan fingerprint density at radius 2 is 1.79 bits per heavy atom. The predicted octanol–water partition coefficient (Wildman–Crippen LogP) is 3.36. The van der Waals surface area contributed by atoms with Crippen LogP contribution in [0.1, 0.15) is 5.56 Å². The molecule has 0 bridgehead atoms. The first-order valence-electron chi connectivity index (χ1n) is 9.10. The van der Waals surface area contributed by atoms with Gasteiger partial charge in [0.25, 0.3) is 0 Å². The molecule has 0 aliphatic carbocycles. The molecule has 0 saturated carbocycles. The maximum absolute atomic E-state index is 12.7. The van der Waals surface area contributed by atoms with Gasteiger partial charge in [-0.3, -0.25) is 4.79 Å². The number of para-hydroxylation sites is 1. The molecule has 1 heterocycles. The van der Waals surface area contributed by atoms with Gasteiger partial charge in [-0.2, -0.15) is 8.78 Å². The van der Waals surface area contributed by atoms with Crippen LogP contribution in [-0.4, -0.2) is 55.8 Å². The number of hydrogen-bond donors (Lipinski definition) is 1. The van der Waals surface area contributed by atoms with Crippen LogP contribution in [0.3, 0.4) is 0 Å². The molecule has 29 heavy (non-hydrogen) atoms. The van der Waals surface area contributed by atoms with E-state index in [1.807, 2.05) is 12.1 Å². The van der Waals surface area contributed by atoms with Crippen LogP contribution in [0.4, 0.5) is 14.5 Å². The van der Waals surface area contributed by atoms with Gasteiger partial charge in [-0.25, -0.2) is 0 Å². The van der Waals surface area contributed by atoms with Gasteiger partial charge in [0.1, 0.15) is 5.75 Å². The second kappa shape index (κ2) is 9.27. The Hall–Kier alpha value is -3.29. The maximum atomic E-state index is 12.7. The number of methoxy groups -OCH3 is 1. The van der Waals surface area contributed by atoms with Crippen LogP contribution in [-0.2, 0) is 4.79 Å². The highest BCUT2D eigenvalue weighted by Crippen LogP contribution is 2.33. The lowest BCUT2D eigenvalue weighted by Crippen LogP contribution is -2.48. The molecule has 0 radical (unpaired) electrons. The highest BCUT2D eigenvalue weighted by Gasteiger charge is 2.20. The van der Waals surface area contributed by atoms with E-state index in [4.69, 9.17) is 4.74 Å². The number of carbonyl (C=O) groups excluding carboxylic acids is 1. The molecule has 1 amide bonds. The van der Waals surface area contributed by atoms with Gasteiger partial charge >= 0.3 is 6.61 Å². The Kier molecular flexibility index (Phi) is 6.54. The summed E-state index contributed by atoms with van der Waals surface area (Å²) in [5.74, 6) is 0.0650. The summed E-state index contributed by atoms with van der Waals surface area (Å²) >= 11 is 0. The van der Waals surface area contributed by atoms with Gasteiger partial charge in [0.05, 0.1) is 7.11 Å². The molecule has 1 saturated heterocycles. The molecule has 154 valence electrons. The number of carbonyl (C=O) groups is 1. The fraction of sp³-hybridized carbons (Fsp3) is 0.286. The minimum absolute atomic E-state index is 0.105. The van der Waals surface area contributed by atoms with Crippen molar-refractivity contribution in [2.45, 2.75) is 6.61 Å². The molecule has 1 fully saturated rings. The molecule has 2 aromatic carbocycles. The molecule has 1 N–H and O–H groups in total. The van der Waals surface area contributed by atoms with Crippen molar-refractivity contribution in [1.82, 2.24) is 4.90 Å². The van der Waals surface area contributed by atoms with E-state index in [0.717, 1.165) is 5.69 Å². The van der Waals surface area contributed by atoms with E-state index in [1.54, 1.807) is 29.2 Å². The zero-order valence-corrected chi connectivity index (χ0v) is 15.9. The predicted molar refractivity (Wildman–Crippen MR) is 106 cm³/mol. The average Bonchev–Trinajstić information content (AvgIpc) is 2.73. The molecule has 0 aromatic heterocycles. The third-order valence-corrected chi connectivity index (χ3v) is 4.65. The molecule has 8 heteroatoms. The number of alkyl halides is 2. The summed E-state index contributed by atoms with van der Waals surface area (Å²) in [6.07, 6.45) is 2.80. The number of nitrogens with zero attached hydrogens (tertiary/aromatic N) is 2. The Labute approximate surface area is 167 Å². The summed E-state index contributed by atoms with van der Waals surface area (Å²) < 4.78 is 35.0. The third-order valence-electron chi connectivity index (χ3n) is 4.65. The van der Waals surface area contributed by atoms with Crippen molar-refractivity contribution in [3.8, 4) is 17.2 Å². The number of aromatic hydroxyl groups is 1. The lowest BCUT2D eigenvalue weighted by molar-refractivity contribution is -0.126. The maximum Gasteiger partial charge on any atom is 0.387 e. The highest BCUT2D eigenvalue weighted by atomic mass is 19.3. The van der Waals surface area contributed by atoms with Gasteiger partial charge in [-0.15, -0.1) is 0 Å². The molecule has 0 unspecified atom stereocenters. The largest absolute Gasteiger partial charge is 0.508 e. The van der Waals surface area contributed by atoms with E-state index in [1.165, 1.54) is 25.3 Å². The summed E-state index contributed by atoms with van der Waals surface area (Å²) in [6.45, 7) is -0.625. The number of rotatable bonds is 6. The number of ether oxygens (including phenoxy) is 2. The Balaban J connectivity index is 1.64. The monoisotopic (exact) mass is 404 g/mol. The van der Waals surface area contributed by atoms with E-state index in [0.29, 0.717) is 31.7 Å². The van der Waals surface area contributed by atoms with E-state index >= 15 is 0 Å². The van der Waals surface area contributed by atoms with Crippen molar-refractivity contribution in [1.29, 1.82) is 0 Å². The van der Waals surface area contributed by atoms with Crippen molar-refractivity contribution in [3.05, 3.63) is 54.1 Å². The van der Waals surface area contributed by atoms with Gasteiger partial charge in [0, 0.05) is 43.5 Å². The van der Waals surface area contributed by atoms with E-state index in [2.05, 4.69) is 9.64 Å². The van der Waals surface area contributed by atoms with Crippen molar-refractivity contribution in [3.63, 3.8) is 0 Å². The van der Waals surface area contributed by atoms with Crippen molar-refractivity contribution >= 4 is 17.7 Å². The average molecular weight is 404 g/mol. The van der Waals surface area contributed by atoms with Gasteiger partial charge in [0.2, 0.25) is 5.91 Å². The summed E-state index contributed by atoms with van der Waals surface area (Å²) in [6, 6.07) is 11.6. The minimum Gasteiger partial charge on any atom is -0.508 e. The fourth-order valence-electron chi connectivity index (χ4n) is 3.15. The molecule has 1 aliphatic rings. The van der Waals surface area contributed by atoms with Crippen LogP contribution >= 0.6 is 0 Å². The number of benzene rings is 2. The van der Waals surface area contributed by atoms with Crippen molar-refractivity contribution in [2.24, 2.45) is 0 Å². The van der Waals surface area contributed by atoms with Gasteiger partial charge in [0.15, 0.2) is 11.5 Å². The number of hydrogen-bond acceptors (Lipinski definition) is 5. The minimum atomic E-state index is -3.00. The smallest absolute Gasteiger partial charge is 0.387 e. The second-order valence-corrected chi connectivity index (χ2v) is 6.42. The number of phenolic OH excluding ortho intramolecular Hbond substituents is 1. The summed E-state index contributed by atoms with van der Waals surface area (Å²) in [5.41, 5.74) is 1.32. The molecule has 1 aliphatic heterocycles. The second-order valence-electron chi connectivity index (χ2n) is 6.42. The van der Waals surface area contributed by atoms with Crippen LogP contribution in [0, 0.1) is 0 Å². The van der Waals surface area contributed by atoms with Gasteiger partial charge in [-0.05, 0) is 36.4 Å². The van der Waals surface area contributed by atoms with E-state index < -0.39 is 6.61 Å². The van der Waals surface area contributed by atoms with Crippen LogP contribution in [0.5, 0.6) is 17.2 Å². The molecule has 0 atom stereocenters. The molecular weight excluding hydrogens is 382 g/mol. The van der Waals surface area contributed by atoms with E-state index in [-0.39, 0.29) is 23.2 Å². The molecule has 2 aromatic rings. The normalized spacial score (nSPS) is 14.5. The highest BCUT2D eigenvalue weighted by molar-refractivity contribution is 5.92. The number of halogens is 2. The molecule has 6 nitrogen and oxygen atoms in total. The molecule has 0 spiro atoms. The summed E-state index contributed by atoms with van der Waals surface area (Å²) in [7, 11) is 1.36. The Morgan fingerprint density at radius 1 is 1.10 bits per heavy atom. The third kappa shape index (κ3) is 5.16. The fourth-order valence-corrected chi connectivity index (χ4v) is 3.15. The first-order chi connectivity index (χ1) is 14.0. The molecule has 3 rings (SSSR count).